The highest BCUT2D eigenvalue weighted by Crippen LogP contribution is 2.18. The number of aldehydes is 1. The summed E-state index contributed by atoms with van der Waals surface area (Å²) in [6.45, 7) is 0. The molecule has 82 valence electrons. The van der Waals surface area contributed by atoms with Gasteiger partial charge in [0.05, 0.1) is 17.2 Å². The fraction of sp³-hybridized carbons (Fsp3) is 0.556. The summed E-state index contributed by atoms with van der Waals surface area (Å²) < 4.78 is 24.3. The Morgan fingerprint density at radius 3 is 2.67 bits per heavy atom. The topological polar surface area (TPSA) is 69.0 Å². The Bertz CT molecular complexity index is 502. The molecule has 15 heavy (non-hydrogen) atoms. The first-order valence-corrected chi connectivity index (χ1v) is 6.56. The lowest BCUT2D eigenvalue weighted by Crippen LogP contribution is -2.12. The summed E-state index contributed by atoms with van der Waals surface area (Å²) in [5.74, 6) is 0.252. The number of hydrogen-bond donors (Lipinski definition) is 0. The van der Waals surface area contributed by atoms with Crippen molar-refractivity contribution in [3.63, 3.8) is 0 Å². The molecule has 5 nitrogen and oxygen atoms in total. The van der Waals surface area contributed by atoms with E-state index in [2.05, 4.69) is 5.10 Å². The van der Waals surface area contributed by atoms with Crippen LogP contribution < -0.4 is 0 Å². The highest BCUT2D eigenvalue weighted by molar-refractivity contribution is 7.91. The van der Waals surface area contributed by atoms with Gasteiger partial charge in [-0.05, 0) is 6.42 Å². The minimum absolute atomic E-state index is 0.118. The fourth-order valence-electron chi connectivity index (χ4n) is 1.87. The van der Waals surface area contributed by atoms with Crippen molar-refractivity contribution >= 4 is 16.1 Å². The zero-order valence-corrected chi connectivity index (χ0v) is 9.25. The second kappa shape index (κ2) is 3.44. The SMILES string of the molecule is Cn1nc2c(c1C=O)CCS(=O)(=O)CC2. The molecule has 0 aromatic carbocycles. The molecule has 0 radical (unpaired) electrons. The lowest BCUT2D eigenvalue weighted by molar-refractivity contribution is 0.111. The first-order chi connectivity index (χ1) is 7.03. The average Bonchev–Trinajstić information content (AvgIpc) is 2.40. The van der Waals surface area contributed by atoms with Crippen LogP contribution in [-0.4, -0.2) is 36.0 Å². The third-order valence-electron chi connectivity index (χ3n) is 2.70. The largest absolute Gasteiger partial charge is 0.296 e. The quantitative estimate of drug-likeness (QED) is 0.621. The summed E-state index contributed by atoms with van der Waals surface area (Å²) in [5, 5.41) is 4.17. The molecule has 0 spiro atoms. The molecule has 6 heteroatoms. The smallest absolute Gasteiger partial charge is 0.168 e. The summed E-state index contributed by atoms with van der Waals surface area (Å²) in [7, 11) is -1.26. The zero-order valence-electron chi connectivity index (χ0n) is 8.43. The predicted molar refractivity (Wildman–Crippen MR) is 54.7 cm³/mol. The van der Waals surface area contributed by atoms with Crippen LogP contribution in [0.3, 0.4) is 0 Å². The molecule has 0 unspecified atom stereocenters. The third-order valence-corrected chi connectivity index (χ3v) is 4.35. The minimum Gasteiger partial charge on any atom is -0.296 e. The molecule has 0 bridgehead atoms. The van der Waals surface area contributed by atoms with Crippen LogP contribution in [0.25, 0.3) is 0 Å². The molecule has 0 N–H and O–H groups in total. The number of rotatable bonds is 1. The molecule has 1 aliphatic heterocycles. The number of nitrogens with zero attached hydrogens (tertiary/aromatic N) is 2. The predicted octanol–water partition coefficient (Wildman–Crippen LogP) is -0.254. The maximum Gasteiger partial charge on any atom is 0.168 e. The van der Waals surface area contributed by atoms with Crippen molar-refractivity contribution in [2.45, 2.75) is 12.8 Å². The fourth-order valence-corrected chi connectivity index (χ4v) is 3.09. The van der Waals surface area contributed by atoms with Gasteiger partial charge in [-0.25, -0.2) is 8.42 Å². The number of aromatic nitrogens is 2. The number of carbonyl (C=O) groups excluding carboxylic acids is 1. The molecule has 0 fully saturated rings. The van der Waals surface area contributed by atoms with E-state index in [1.165, 1.54) is 4.68 Å². The molecule has 0 atom stereocenters. The van der Waals surface area contributed by atoms with E-state index >= 15 is 0 Å². The van der Waals surface area contributed by atoms with Crippen LogP contribution in [0.15, 0.2) is 0 Å². The molecule has 0 saturated heterocycles. The zero-order chi connectivity index (χ0) is 11.1. The molecule has 2 rings (SSSR count). The molecular formula is C9H12N2O3S. The van der Waals surface area contributed by atoms with Gasteiger partial charge in [-0.3, -0.25) is 9.48 Å². The monoisotopic (exact) mass is 228 g/mol. The third kappa shape index (κ3) is 1.81. The van der Waals surface area contributed by atoms with Crippen LogP contribution in [-0.2, 0) is 29.7 Å². The van der Waals surface area contributed by atoms with Gasteiger partial charge in [0, 0.05) is 19.0 Å². The van der Waals surface area contributed by atoms with Gasteiger partial charge in [0.1, 0.15) is 5.69 Å². The van der Waals surface area contributed by atoms with Crippen molar-refractivity contribution in [3.8, 4) is 0 Å². The van der Waals surface area contributed by atoms with Crippen molar-refractivity contribution in [2.24, 2.45) is 7.05 Å². The van der Waals surface area contributed by atoms with E-state index in [9.17, 15) is 13.2 Å². The van der Waals surface area contributed by atoms with Crippen LogP contribution in [0, 0.1) is 0 Å². The lowest BCUT2D eigenvalue weighted by atomic mass is 10.1. The normalized spacial score (nSPS) is 19.3. The Morgan fingerprint density at radius 1 is 1.33 bits per heavy atom. The van der Waals surface area contributed by atoms with Gasteiger partial charge in [-0.15, -0.1) is 0 Å². The Labute approximate surface area is 88.0 Å². The van der Waals surface area contributed by atoms with E-state index in [0.29, 0.717) is 18.5 Å². The molecule has 1 aromatic heterocycles. The van der Waals surface area contributed by atoms with Gasteiger partial charge in [0.15, 0.2) is 16.1 Å². The molecule has 1 aromatic rings. The van der Waals surface area contributed by atoms with Crippen LogP contribution in [0.4, 0.5) is 0 Å². The van der Waals surface area contributed by atoms with E-state index < -0.39 is 9.84 Å². The van der Waals surface area contributed by atoms with Gasteiger partial charge in [0.25, 0.3) is 0 Å². The van der Waals surface area contributed by atoms with Crippen molar-refractivity contribution in [2.75, 3.05) is 11.5 Å². The van der Waals surface area contributed by atoms with Crippen molar-refractivity contribution < 1.29 is 13.2 Å². The Balaban J connectivity index is 2.47. The Hall–Kier alpha value is -1.17. The number of fused-ring (bicyclic) bond motifs is 1. The van der Waals surface area contributed by atoms with Gasteiger partial charge in [-0.2, -0.15) is 5.10 Å². The lowest BCUT2D eigenvalue weighted by Gasteiger charge is -1.98. The highest BCUT2D eigenvalue weighted by Gasteiger charge is 2.23. The Kier molecular flexibility index (Phi) is 2.38. The van der Waals surface area contributed by atoms with Gasteiger partial charge in [0.2, 0.25) is 0 Å². The van der Waals surface area contributed by atoms with Gasteiger partial charge in [-0.1, -0.05) is 0 Å². The summed E-state index contributed by atoms with van der Waals surface area (Å²) >= 11 is 0. The number of sulfone groups is 1. The first-order valence-electron chi connectivity index (χ1n) is 4.74. The second-order valence-electron chi connectivity index (χ2n) is 3.70. The highest BCUT2D eigenvalue weighted by atomic mass is 32.2. The van der Waals surface area contributed by atoms with Crippen molar-refractivity contribution in [1.29, 1.82) is 0 Å². The van der Waals surface area contributed by atoms with Crippen LogP contribution in [0.5, 0.6) is 0 Å². The standard InChI is InChI=1S/C9H12N2O3S/c1-11-9(6-12)7-2-4-15(13,14)5-3-8(7)10-11/h6H,2-5H2,1H3. The van der Waals surface area contributed by atoms with Crippen molar-refractivity contribution in [3.05, 3.63) is 17.0 Å². The van der Waals surface area contributed by atoms with Crippen LogP contribution in [0.2, 0.25) is 0 Å². The van der Waals surface area contributed by atoms with E-state index in [1.54, 1.807) is 7.05 Å². The summed E-state index contributed by atoms with van der Waals surface area (Å²) in [6.07, 6.45) is 1.56. The maximum absolute atomic E-state index is 11.4. The number of carbonyl (C=O) groups is 1. The average molecular weight is 228 g/mol. The van der Waals surface area contributed by atoms with E-state index in [0.717, 1.165) is 17.5 Å². The van der Waals surface area contributed by atoms with Gasteiger partial charge >= 0.3 is 0 Å². The Morgan fingerprint density at radius 2 is 2.00 bits per heavy atom. The van der Waals surface area contributed by atoms with Crippen LogP contribution in [0.1, 0.15) is 21.7 Å². The molecular weight excluding hydrogens is 216 g/mol. The maximum atomic E-state index is 11.4. The second-order valence-corrected chi connectivity index (χ2v) is 6.01. The molecule has 0 saturated carbocycles. The number of aryl methyl sites for hydroxylation is 2. The van der Waals surface area contributed by atoms with E-state index in [-0.39, 0.29) is 11.5 Å². The first kappa shape index (κ1) is 10.4. The van der Waals surface area contributed by atoms with Crippen molar-refractivity contribution in [1.82, 2.24) is 9.78 Å². The summed E-state index contributed by atoms with van der Waals surface area (Å²) in [4.78, 5) is 10.8. The number of hydrogen-bond acceptors (Lipinski definition) is 4. The molecule has 2 heterocycles. The van der Waals surface area contributed by atoms with E-state index in [4.69, 9.17) is 0 Å². The van der Waals surface area contributed by atoms with Gasteiger partial charge < -0.3 is 0 Å². The minimum atomic E-state index is -2.96. The molecule has 0 aliphatic carbocycles. The molecule has 1 aliphatic rings. The molecule has 0 amide bonds. The van der Waals surface area contributed by atoms with Crippen LogP contribution >= 0.6 is 0 Å². The summed E-state index contributed by atoms with van der Waals surface area (Å²) in [6, 6.07) is 0. The summed E-state index contributed by atoms with van der Waals surface area (Å²) in [5.41, 5.74) is 2.05. The van der Waals surface area contributed by atoms with E-state index in [1.807, 2.05) is 0 Å².